The fourth-order valence-electron chi connectivity index (χ4n) is 6.33. The molecule has 2 saturated heterocycles. The summed E-state index contributed by atoms with van der Waals surface area (Å²) in [6, 6.07) is 3.88. The van der Waals surface area contributed by atoms with Crippen LogP contribution in [0.25, 0.3) is 11.1 Å². The minimum atomic E-state index is -1.22. The summed E-state index contributed by atoms with van der Waals surface area (Å²) in [7, 11) is 0. The van der Waals surface area contributed by atoms with E-state index in [2.05, 4.69) is 4.98 Å². The Kier molecular flexibility index (Phi) is 11.4. The van der Waals surface area contributed by atoms with Gasteiger partial charge in [0, 0.05) is 19.0 Å². The molecule has 0 spiro atoms. The maximum Gasteiger partial charge on any atom is 0.310 e. The van der Waals surface area contributed by atoms with Gasteiger partial charge in [-0.3, -0.25) is 38.5 Å². The molecule has 3 N–H and O–H groups in total. The predicted octanol–water partition coefficient (Wildman–Crippen LogP) is 2.04. The van der Waals surface area contributed by atoms with Crippen molar-refractivity contribution in [1.82, 2.24) is 19.7 Å². The van der Waals surface area contributed by atoms with Gasteiger partial charge in [-0.25, -0.2) is 9.88 Å². The van der Waals surface area contributed by atoms with E-state index in [0.29, 0.717) is 29.0 Å². The summed E-state index contributed by atoms with van der Waals surface area (Å²) in [5.74, 6) is -6.83. The molecular formula is C33H43N5O9. The number of oxazole rings is 1. The molecule has 2 aliphatic heterocycles. The molecule has 1 aromatic heterocycles. The van der Waals surface area contributed by atoms with Crippen LogP contribution in [0.15, 0.2) is 28.7 Å². The maximum atomic E-state index is 14.2. The van der Waals surface area contributed by atoms with Gasteiger partial charge in [0.05, 0.1) is 18.1 Å². The van der Waals surface area contributed by atoms with Gasteiger partial charge < -0.3 is 20.2 Å². The number of aromatic nitrogens is 1. The Morgan fingerprint density at radius 1 is 0.957 bits per heavy atom. The van der Waals surface area contributed by atoms with Crippen LogP contribution in [-0.2, 0) is 28.8 Å². The lowest BCUT2D eigenvalue weighted by atomic mass is 9.91. The number of imide groups is 3. The largest absolute Gasteiger partial charge is 0.481 e. The normalized spacial score (nSPS) is 18.8. The van der Waals surface area contributed by atoms with Crippen molar-refractivity contribution in [3.05, 3.63) is 30.2 Å². The SMILES string of the molecule is CC(C)[C@H](N)C(=O)N(C(=O)CC(=O)N1CCC(C(=O)CC(=O)O)CC1)C(=O)[C@@H]1CCCN1[C@H](C(=O)c1nc2ccccc2o1)C(C)C. The Bertz CT molecular complexity index is 1510. The molecular weight excluding hydrogens is 610 g/mol. The number of nitrogens with two attached hydrogens (primary N) is 1. The van der Waals surface area contributed by atoms with E-state index in [9.17, 15) is 33.6 Å². The first-order valence-electron chi connectivity index (χ1n) is 16.0. The van der Waals surface area contributed by atoms with Gasteiger partial charge in [0.25, 0.3) is 17.7 Å². The number of carbonyl (C=O) groups excluding carboxylic acids is 6. The van der Waals surface area contributed by atoms with Crippen LogP contribution < -0.4 is 5.73 Å². The molecule has 47 heavy (non-hydrogen) atoms. The minimum Gasteiger partial charge on any atom is -0.481 e. The van der Waals surface area contributed by atoms with Gasteiger partial charge >= 0.3 is 5.97 Å². The van der Waals surface area contributed by atoms with E-state index in [4.69, 9.17) is 15.3 Å². The quantitative estimate of drug-likeness (QED) is 0.250. The van der Waals surface area contributed by atoms with Crippen molar-refractivity contribution in [2.24, 2.45) is 23.5 Å². The summed E-state index contributed by atoms with van der Waals surface area (Å²) < 4.78 is 5.74. The fourth-order valence-corrected chi connectivity index (χ4v) is 6.33. The Balaban J connectivity index is 1.54. The smallest absolute Gasteiger partial charge is 0.310 e. The Hall–Kier alpha value is -4.30. The van der Waals surface area contributed by atoms with E-state index in [-0.39, 0.29) is 44.2 Å². The zero-order valence-electron chi connectivity index (χ0n) is 27.2. The molecule has 0 bridgehead atoms. The molecule has 0 aliphatic carbocycles. The molecule has 0 radical (unpaired) electrons. The van der Waals surface area contributed by atoms with Crippen molar-refractivity contribution < 1.29 is 43.1 Å². The lowest BCUT2D eigenvalue weighted by Crippen LogP contribution is -2.59. The van der Waals surface area contributed by atoms with Crippen molar-refractivity contribution in [2.75, 3.05) is 19.6 Å². The molecule has 2 aliphatic rings. The number of carboxylic acids is 1. The molecule has 4 amide bonds. The lowest BCUT2D eigenvalue weighted by molar-refractivity contribution is -0.159. The molecule has 1 aromatic carbocycles. The average molecular weight is 654 g/mol. The summed E-state index contributed by atoms with van der Waals surface area (Å²) >= 11 is 0. The number of rotatable bonds is 12. The topological polar surface area (TPSA) is 201 Å². The van der Waals surface area contributed by atoms with E-state index in [1.165, 1.54) is 4.90 Å². The number of fused-ring (bicyclic) bond motifs is 1. The van der Waals surface area contributed by atoms with Gasteiger partial charge in [0.1, 0.15) is 24.1 Å². The van der Waals surface area contributed by atoms with Gasteiger partial charge in [0.2, 0.25) is 17.6 Å². The van der Waals surface area contributed by atoms with Crippen LogP contribution in [0.1, 0.15) is 76.9 Å². The van der Waals surface area contributed by atoms with E-state index in [1.807, 2.05) is 13.8 Å². The number of amides is 4. The summed E-state index contributed by atoms with van der Waals surface area (Å²) in [6.07, 6.45) is -0.105. The third kappa shape index (κ3) is 7.99. The van der Waals surface area contributed by atoms with Gasteiger partial charge in [-0.05, 0) is 56.2 Å². The fraction of sp³-hybridized carbons (Fsp3) is 0.576. The van der Waals surface area contributed by atoms with Crippen LogP contribution in [0.5, 0.6) is 0 Å². The third-order valence-corrected chi connectivity index (χ3v) is 8.97. The number of para-hydroxylation sites is 2. The number of carboxylic acid groups (broad SMARTS) is 1. The first kappa shape index (κ1) is 35.6. The lowest BCUT2D eigenvalue weighted by Gasteiger charge is -2.35. The van der Waals surface area contributed by atoms with Crippen LogP contribution >= 0.6 is 0 Å². The molecule has 3 atom stereocenters. The van der Waals surface area contributed by atoms with E-state index in [1.54, 1.807) is 43.0 Å². The molecule has 4 rings (SSSR count). The molecule has 3 heterocycles. The van der Waals surface area contributed by atoms with Gasteiger partial charge in [-0.15, -0.1) is 0 Å². The summed E-state index contributed by atoms with van der Waals surface area (Å²) in [5, 5.41) is 8.91. The zero-order valence-corrected chi connectivity index (χ0v) is 27.2. The third-order valence-electron chi connectivity index (χ3n) is 8.97. The predicted molar refractivity (Wildman–Crippen MR) is 168 cm³/mol. The van der Waals surface area contributed by atoms with Crippen LogP contribution in [0.2, 0.25) is 0 Å². The standard InChI is InChI=1S/C33H43N5O9/c1-18(2)28(34)33(46)38(26(41)17-25(40)36-14-11-20(12-15-36)23(39)16-27(42)43)32(45)22-9-7-13-37(22)29(19(3)4)30(44)31-35-21-8-5-6-10-24(21)47-31/h5-6,8,10,18-20,22,28-29H,7,9,11-17,34H2,1-4H3,(H,42,43)/t22-,28-,29-/m0/s1. The second kappa shape index (κ2) is 15.1. The number of aliphatic carboxylic acids is 1. The molecule has 0 unspecified atom stereocenters. The summed E-state index contributed by atoms with van der Waals surface area (Å²) in [6.45, 7) is 7.58. The number of hydrogen-bond donors (Lipinski definition) is 2. The number of likely N-dealkylation sites (tertiary alicyclic amines) is 2. The molecule has 0 saturated carbocycles. The van der Waals surface area contributed by atoms with Crippen molar-refractivity contribution in [3.63, 3.8) is 0 Å². The Labute approximate surface area is 272 Å². The maximum absolute atomic E-state index is 14.2. The van der Waals surface area contributed by atoms with Crippen LogP contribution in [0.3, 0.4) is 0 Å². The van der Waals surface area contributed by atoms with Crippen LogP contribution in [-0.4, -0.2) is 104 Å². The van der Waals surface area contributed by atoms with Crippen molar-refractivity contribution in [3.8, 4) is 0 Å². The van der Waals surface area contributed by atoms with Crippen molar-refractivity contribution in [2.45, 2.75) is 84.3 Å². The van der Waals surface area contributed by atoms with Gasteiger partial charge in [-0.2, -0.15) is 0 Å². The Morgan fingerprint density at radius 3 is 2.21 bits per heavy atom. The van der Waals surface area contributed by atoms with Gasteiger partial charge in [0.15, 0.2) is 5.58 Å². The molecule has 14 nitrogen and oxygen atoms in total. The van der Waals surface area contributed by atoms with Gasteiger partial charge in [-0.1, -0.05) is 39.8 Å². The molecule has 254 valence electrons. The second-order valence-corrected chi connectivity index (χ2v) is 13.0. The highest BCUT2D eigenvalue weighted by atomic mass is 16.4. The van der Waals surface area contributed by atoms with Crippen molar-refractivity contribution >= 4 is 52.3 Å². The van der Waals surface area contributed by atoms with Crippen LogP contribution in [0, 0.1) is 17.8 Å². The van der Waals surface area contributed by atoms with E-state index in [0.717, 1.165) is 0 Å². The second-order valence-electron chi connectivity index (χ2n) is 13.0. The minimum absolute atomic E-state index is 0.104. The highest BCUT2D eigenvalue weighted by molar-refractivity contribution is 6.17. The summed E-state index contributed by atoms with van der Waals surface area (Å²) in [5.41, 5.74) is 7.09. The number of Topliss-reactive ketones (excluding diaryl/α,β-unsaturated/α-hetero) is 2. The molecule has 14 heteroatoms. The molecule has 2 aromatic rings. The highest BCUT2D eigenvalue weighted by Gasteiger charge is 2.46. The number of hydrogen-bond acceptors (Lipinski definition) is 11. The number of nitrogens with zero attached hydrogens (tertiary/aromatic N) is 4. The number of piperidine rings is 1. The first-order valence-corrected chi connectivity index (χ1v) is 16.0. The number of carbonyl (C=O) groups is 7. The van der Waals surface area contributed by atoms with E-state index >= 15 is 0 Å². The van der Waals surface area contributed by atoms with Crippen molar-refractivity contribution in [1.29, 1.82) is 0 Å². The van der Waals surface area contributed by atoms with Crippen LogP contribution in [0.4, 0.5) is 0 Å². The zero-order chi connectivity index (χ0) is 34.6. The molecule has 2 fully saturated rings. The number of benzene rings is 1. The highest BCUT2D eigenvalue weighted by Crippen LogP contribution is 2.29. The Morgan fingerprint density at radius 2 is 1.62 bits per heavy atom. The monoisotopic (exact) mass is 653 g/mol. The average Bonchev–Trinajstić information content (AvgIpc) is 3.68. The number of ketones is 2. The summed E-state index contributed by atoms with van der Waals surface area (Å²) in [4.78, 5) is 99.4. The first-order chi connectivity index (χ1) is 22.2. The van der Waals surface area contributed by atoms with E-state index < -0.39 is 84.0 Å².